The summed E-state index contributed by atoms with van der Waals surface area (Å²) in [5.74, 6) is 0.279. The van der Waals surface area contributed by atoms with Crippen LogP contribution < -0.4 is 14.2 Å². The summed E-state index contributed by atoms with van der Waals surface area (Å²) in [6, 6.07) is 9.92. The van der Waals surface area contributed by atoms with Crippen LogP contribution >= 0.6 is 0 Å². The van der Waals surface area contributed by atoms with Crippen LogP contribution in [0.3, 0.4) is 0 Å². The van der Waals surface area contributed by atoms with Gasteiger partial charge < -0.3 is 29.0 Å². The lowest BCUT2D eigenvalue weighted by Crippen LogP contribution is -2.38. The van der Waals surface area contributed by atoms with Gasteiger partial charge in [-0.25, -0.2) is 0 Å². The summed E-state index contributed by atoms with van der Waals surface area (Å²) in [5.41, 5.74) is 2.18. The van der Waals surface area contributed by atoms with E-state index in [-0.39, 0.29) is 17.4 Å². The third-order valence-electron chi connectivity index (χ3n) is 7.41. The van der Waals surface area contributed by atoms with Crippen LogP contribution in [0.5, 0.6) is 17.2 Å². The number of fused-ring (bicyclic) bond motifs is 1. The molecule has 2 fully saturated rings. The smallest absolute Gasteiger partial charge is 0.295 e. The van der Waals surface area contributed by atoms with Crippen molar-refractivity contribution in [3.8, 4) is 17.2 Å². The van der Waals surface area contributed by atoms with Crippen LogP contribution in [0.2, 0.25) is 0 Å². The summed E-state index contributed by atoms with van der Waals surface area (Å²) in [5, 5.41) is 11.5. The predicted molar refractivity (Wildman–Crippen MR) is 141 cm³/mol. The highest BCUT2D eigenvalue weighted by atomic mass is 16.5. The normalized spacial score (nSPS) is 22.9. The number of benzene rings is 2. The summed E-state index contributed by atoms with van der Waals surface area (Å²) < 4.78 is 22.1. The van der Waals surface area contributed by atoms with Crippen molar-refractivity contribution in [2.75, 3.05) is 53.6 Å². The van der Waals surface area contributed by atoms with Gasteiger partial charge in [0.25, 0.3) is 11.7 Å². The summed E-state index contributed by atoms with van der Waals surface area (Å²) in [6.45, 7) is 6.22. The van der Waals surface area contributed by atoms with Crippen LogP contribution in [-0.2, 0) is 20.7 Å². The van der Waals surface area contributed by atoms with E-state index in [1.165, 1.54) is 7.11 Å². The molecule has 0 radical (unpaired) electrons. The number of aliphatic hydroxyl groups excluding tert-OH is 1. The third kappa shape index (κ3) is 4.96. The number of morpholine rings is 1. The maximum Gasteiger partial charge on any atom is 0.295 e. The van der Waals surface area contributed by atoms with Gasteiger partial charge in [-0.05, 0) is 54.8 Å². The molecule has 0 bridgehead atoms. The van der Waals surface area contributed by atoms with E-state index in [4.69, 9.17) is 18.9 Å². The second kappa shape index (κ2) is 11.0. The van der Waals surface area contributed by atoms with Gasteiger partial charge in [-0.2, -0.15) is 0 Å². The number of nitrogens with zero attached hydrogens (tertiary/aromatic N) is 2. The summed E-state index contributed by atoms with van der Waals surface area (Å²) in [4.78, 5) is 30.6. The number of amides is 1. The molecule has 1 N–H and O–H groups in total. The Labute approximate surface area is 222 Å². The predicted octanol–water partition coefficient (Wildman–Crippen LogP) is 3.17. The molecule has 5 rings (SSSR count). The van der Waals surface area contributed by atoms with Gasteiger partial charge in [0.05, 0.1) is 39.0 Å². The molecule has 9 heteroatoms. The first-order valence-corrected chi connectivity index (χ1v) is 13.0. The highest BCUT2D eigenvalue weighted by Crippen LogP contribution is 2.42. The molecule has 3 aliphatic heterocycles. The first-order valence-electron chi connectivity index (χ1n) is 13.0. The van der Waals surface area contributed by atoms with E-state index in [1.54, 1.807) is 42.3 Å². The fourth-order valence-corrected chi connectivity index (χ4v) is 5.49. The van der Waals surface area contributed by atoms with E-state index in [2.05, 4.69) is 4.90 Å². The Morgan fingerprint density at radius 1 is 1.03 bits per heavy atom. The van der Waals surface area contributed by atoms with E-state index in [9.17, 15) is 14.7 Å². The van der Waals surface area contributed by atoms with Crippen molar-refractivity contribution in [1.82, 2.24) is 9.80 Å². The molecule has 9 nitrogen and oxygen atoms in total. The Balaban J connectivity index is 1.52. The van der Waals surface area contributed by atoms with E-state index in [0.29, 0.717) is 55.2 Å². The molecule has 3 heterocycles. The zero-order valence-electron chi connectivity index (χ0n) is 22.1. The van der Waals surface area contributed by atoms with Crippen LogP contribution in [-0.4, -0.2) is 86.3 Å². The zero-order valence-corrected chi connectivity index (χ0v) is 22.1. The number of aliphatic hydroxyl groups is 1. The SMILES string of the molecule is COc1ccc([C@@H]2C(=C(O)c3ccc4c(c3)C[C@H](C)O4)C(=O)C(=O)N2CCCN2CCOCC2)cc1OC. The van der Waals surface area contributed by atoms with E-state index in [0.717, 1.165) is 30.9 Å². The van der Waals surface area contributed by atoms with Crippen LogP contribution in [0.15, 0.2) is 42.0 Å². The second-order valence-corrected chi connectivity index (χ2v) is 9.87. The Kier molecular flexibility index (Phi) is 7.58. The third-order valence-corrected chi connectivity index (χ3v) is 7.41. The summed E-state index contributed by atoms with van der Waals surface area (Å²) in [7, 11) is 3.09. The maximum absolute atomic E-state index is 13.4. The molecule has 0 aliphatic carbocycles. The second-order valence-electron chi connectivity index (χ2n) is 9.87. The molecule has 202 valence electrons. The molecule has 0 spiro atoms. The van der Waals surface area contributed by atoms with Crippen LogP contribution in [0.4, 0.5) is 0 Å². The zero-order chi connectivity index (χ0) is 26.8. The van der Waals surface area contributed by atoms with Crippen molar-refractivity contribution in [3.63, 3.8) is 0 Å². The van der Waals surface area contributed by atoms with Crippen molar-refractivity contribution in [1.29, 1.82) is 0 Å². The monoisotopic (exact) mass is 522 g/mol. The highest BCUT2D eigenvalue weighted by molar-refractivity contribution is 6.46. The van der Waals surface area contributed by atoms with Crippen molar-refractivity contribution in [2.24, 2.45) is 0 Å². The molecule has 1 amide bonds. The number of likely N-dealkylation sites (tertiary alicyclic amines) is 1. The van der Waals surface area contributed by atoms with Crippen LogP contribution in [0.25, 0.3) is 5.76 Å². The summed E-state index contributed by atoms with van der Waals surface area (Å²) in [6.07, 6.45) is 1.45. The molecule has 2 aromatic rings. The quantitative estimate of drug-likeness (QED) is 0.321. The molecule has 2 atom stereocenters. The van der Waals surface area contributed by atoms with Gasteiger partial charge in [-0.1, -0.05) is 6.07 Å². The molecule has 2 aromatic carbocycles. The van der Waals surface area contributed by atoms with E-state index >= 15 is 0 Å². The highest BCUT2D eigenvalue weighted by Gasteiger charge is 2.46. The maximum atomic E-state index is 13.4. The number of hydrogen-bond donors (Lipinski definition) is 1. The van der Waals surface area contributed by atoms with Gasteiger partial charge in [-0.3, -0.25) is 14.5 Å². The minimum absolute atomic E-state index is 0.0474. The molecule has 3 aliphatic rings. The Bertz CT molecular complexity index is 1250. The molecule has 38 heavy (non-hydrogen) atoms. The van der Waals surface area contributed by atoms with Crippen molar-refractivity contribution < 1.29 is 33.6 Å². The van der Waals surface area contributed by atoms with Gasteiger partial charge in [0.2, 0.25) is 0 Å². The number of ether oxygens (including phenoxy) is 4. The van der Waals surface area contributed by atoms with Gasteiger partial charge in [-0.15, -0.1) is 0 Å². The number of carbonyl (C=O) groups excluding carboxylic acids is 2. The lowest BCUT2D eigenvalue weighted by molar-refractivity contribution is -0.140. The minimum atomic E-state index is -0.761. The standard InChI is InChI=1S/C29H34N2O7/c1-18-15-21-16-20(6-7-22(21)38-18)27(32)25-26(19-5-8-23(35-2)24(17-19)36-3)31(29(34)28(25)33)10-4-9-30-11-13-37-14-12-30/h5-8,16-18,26,32H,4,9-15H2,1-3H3/t18-,26+/m0/s1. The Morgan fingerprint density at radius 2 is 1.79 bits per heavy atom. The van der Waals surface area contributed by atoms with Crippen molar-refractivity contribution in [3.05, 3.63) is 58.7 Å². The number of rotatable bonds is 8. The average molecular weight is 523 g/mol. The van der Waals surface area contributed by atoms with Gasteiger partial charge in [0, 0.05) is 38.2 Å². The average Bonchev–Trinajstić information content (AvgIpc) is 3.43. The largest absolute Gasteiger partial charge is 0.507 e. The molecular formula is C29H34N2O7. The van der Waals surface area contributed by atoms with Gasteiger partial charge in [0.1, 0.15) is 17.6 Å². The van der Waals surface area contributed by atoms with Crippen LogP contribution in [0.1, 0.15) is 36.1 Å². The topological polar surface area (TPSA) is 97.8 Å². The molecular weight excluding hydrogens is 488 g/mol. The van der Waals surface area contributed by atoms with Crippen molar-refractivity contribution >= 4 is 17.4 Å². The van der Waals surface area contributed by atoms with Gasteiger partial charge >= 0.3 is 0 Å². The lowest BCUT2D eigenvalue weighted by atomic mass is 9.94. The summed E-state index contributed by atoms with van der Waals surface area (Å²) >= 11 is 0. The molecule has 0 aromatic heterocycles. The molecule has 2 saturated heterocycles. The number of Topliss-reactive ketones (excluding diaryl/α,β-unsaturated/α-hetero) is 1. The first kappa shape index (κ1) is 26.1. The minimum Gasteiger partial charge on any atom is -0.507 e. The number of carbonyl (C=O) groups is 2. The fourth-order valence-electron chi connectivity index (χ4n) is 5.49. The Morgan fingerprint density at radius 3 is 2.53 bits per heavy atom. The number of ketones is 1. The fraction of sp³-hybridized carbons (Fsp3) is 0.448. The van der Waals surface area contributed by atoms with E-state index < -0.39 is 17.7 Å². The van der Waals surface area contributed by atoms with E-state index in [1.807, 2.05) is 13.0 Å². The Hall–Kier alpha value is -3.56. The van der Waals surface area contributed by atoms with Crippen molar-refractivity contribution in [2.45, 2.75) is 31.9 Å². The van der Waals surface area contributed by atoms with Crippen LogP contribution in [0, 0.1) is 0 Å². The number of methoxy groups -OCH3 is 2. The first-order chi connectivity index (χ1) is 18.4. The number of hydrogen-bond acceptors (Lipinski definition) is 8. The lowest BCUT2D eigenvalue weighted by Gasteiger charge is -2.29. The van der Waals surface area contributed by atoms with Gasteiger partial charge in [0.15, 0.2) is 11.5 Å². The molecule has 0 saturated carbocycles. The molecule has 0 unspecified atom stereocenters.